The lowest BCUT2D eigenvalue weighted by Crippen LogP contribution is -2.27. The van der Waals surface area contributed by atoms with Gasteiger partial charge in [0.05, 0.1) is 13.2 Å². The van der Waals surface area contributed by atoms with E-state index in [4.69, 9.17) is 10.5 Å². The topological polar surface area (TPSA) is 35.2 Å². The van der Waals surface area contributed by atoms with Gasteiger partial charge in [0.15, 0.2) is 0 Å². The van der Waals surface area contributed by atoms with E-state index in [1.54, 1.807) is 0 Å². The highest BCUT2D eigenvalue weighted by atomic mass is 16.5. The van der Waals surface area contributed by atoms with Crippen LogP contribution in [0.1, 0.15) is 25.8 Å². The van der Waals surface area contributed by atoms with Gasteiger partial charge in [0.1, 0.15) is 0 Å². The quantitative estimate of drug-likeness (QED) is 0.778. The average Bonchev–Trinajstić information content (AvgIpc) is 2.18. The molecule has 84 valence electrons. The second-order valence-electron chi connectivity index (χ2n) is 4.39. The monoisotopic (exact) mass is 207 g/mol. The highest BCUT2D eigenvalue weighted by Crippen LogP contribution is 2.05. The SMILES string of the molecule is CC(C)C[C@@H](N)COCc1ccccc1. The molecule has 1 rings (SSSR count). The smallest absolute Gasteiger partial charge is 0.0717 e. The molecule has 1 aromatic carbocycles. The number of hydrogen-bond donors (Lipinski definition) is 1. The molecule has 2 heteroatoms. The largest absolute Gasteiger partial charge is 0.375 e. The van der Waals surface area contributed by atoms with Gasteiger partial charge in [0.25, 0.3) is 0 Å². The summed E-state index contributed by atoms with van der Waals surface area (Å²) in [6.07, 6.45) is 1.02. The first-order valence-electron chi connectivity index (χ1n) is 5.55. The summed E-state index contributed by atoms with van der Waals surface area (Å²) < 4.78 is 5.56. The number of rotatable bonds is 6. The van der Waals surface area contributed by atoms with Gasteiger partial charge in [-0.25, -0.2) is 0 Å². The Morgan fingerprint density at radius 3 is 2.47 bits per heavy atom. The molecular weight excluding hydrogens is 186 g/mol. The summed E-state index contributed by atoms with van der Waals surface area (Å²) in [5, 5.41) is 0. The fourth-order valence-electron chi connectivity index (χ4n) is 1.58. The van der Waals surface area contributed by atoms with Crippen LogP contribution >= 0.6 is 0 Å². The van der Waals surface area contributed by atoms with Crippen molar-refractivity contribution in [3.05, 3.63) is 35.9 Å². The predicted molar refractivity (Wildman–Crippen MR) is 63.5 cm³/mol. The third-order valence-corrected chi connectivity index (χ3v) is 2.22. The molecule has 2 N–H and O–H groups in total. The zero-order valence-corrected chi connectivity index (χ0v) is 9.65. The summed E-state index contributed by atoms with van der Waals surface area (Å²) in [5.74, 6) is 0.639. The second kappa shape index (κ2) is 6.59. The Labute approximate surface area is 92.4 Å². The zero-order valence-electron chi connectivity index (χ0n) is 9.65. The second-order valence-corrected chi connectivity index (χ2v) is 4.39. The van der Waals surface area contributed by atoms with Gasteiger partial charge < -0.3 is 10.5 Å². The molecular formula is C13H21NO. The lowest BCUT2D eigenvalue weighted by atomic mass is 10.1. The molecule has 0 bridgehead atoms. The van der Waals surface area contributed by atoms with E-state index in [9.17, 15) is 0 Å². The van der Waals surface area contributed by atoms with Gasteiger partial charge in [-0.1, -0.05) is 44.2 Å². The molecule has 0 spiro atoms. The summed E-state index contributed by atoms with van der Waals surface area (Å²) in [4.78, 5) is 0. The molecule has 0 aromatic heterocycles. The van der Waals surface area contributed by atoms with E-state index in [0.717, 1.165) is 6.42 Å². The summed E-state index contributed by atoms with van der Waals surface area (Å²) in [6, 6.07) is 10.3. The minimum atomic E-state index is 0.161. The van der Waals surface area contributed by atoms with E-state index in [-0.39, 0.29) is 6.04 Å². The lowest BCUT2D eigenvalue weighted by Gasteiger charge is -2.14. The third-order valence-electron chi connectivity index (χ3n) is 2.22. The highest BCUT2D eigenvalue weighted by molar-refractivity contribution is 5.13. The van der Waals surface area contributed by atoms with Crippen LogP contribution in [0, 0.1) is 5.92 Å². The Morgan fingerprint density at radius 1 is 1.20 bits per heavy atom. The number of nitrogens with two attached hydrogens (primary N) is 1. The Kier molecular flexibility index (Phi) is 5.37. The molecule has 0 radical (unpaired) electrons. The Balaban J connectivity index is 2.16. The van der Waals surface area contributed by atoms with Crippen molar-refractivity contribution in [2.24, 2.45) is 11.7 Å². The molecule has 0 unspecified atom stereocenters. The van der Waals surface area contributed by atoms with Crippen molar-refractivity contribution in [3.8, 4) is 0 Å². The van der Waals surface area contributed by atoms with Crippen LogP contribution in [0.2, 0.25) is 0 Å². The van der Waals surface area contributed by atoms with Crippen molar-refractivity contribution in [2.45, 2.75) is 32.9 Å². The summed E-state index contributed by atoms with van der Waals surface area (Å²) >= 11 is 0. The van der Waals surface area contributed by atoms with Crippen molar-refractivity contribution in [2.75, 3.05) is 6.61 Å². The van der Waals surface area contributed by atoms with E-state index >= 15 is 0 Å². The van der Waals surface area contributed by atoms with E-state index in [0.29, 0.717) is 19.1 Å². The molecule has 0 saturated carbocycles. The van der Waals surface area contributed by atoms with E-state index in [2.05, 4.69) is 26.0 Å². The van der Waals surface area contributed by atoms with Gasteiger partial charge in [-0.3, -0.25) is 0 Å². The first-order chi connectivity index (χ1) is 7.18. The van der Waals surface area contributed by atoms with E-state index in [1.807, 2.05) is 18.2 Å². The van der Waals surface area contributed by atoms with Crippen molar-refractivity contribution >= 4 is 0 Å². The molecule has 15 heavy (non-hydrogen) atoms. The van der Waals surface area contributed by atoms with Crippen molar-refractivity contribution < 1.29 is 4.74 Å². The van der Waals surface area contributed by atoms with Gasteiger partial charge in [0.2, 0.25) is 0 Å². The van der Waals surface area contributed by atoms with Gasteiger partial charge in [-0.15, -0.1) is 0 Å². The predicted octanol–water partition coefficient (Wildman–Crippen LogP) is 2.58. The Bertz CT molecular complexity index is 258. The number of hydrogen-bond acceptors (Lipinski definition) is 2. The first kappa shape index (κ1) is 12.2. The van der Waals surface area contributed by atoms with Crippen LogP contribution in [-0.2, 0) is 11.3 Å². The maximum absolute atomic E-state index is 5.91. The zero-order chi connectivity index (χ0) is 11.1. The molecule has 0 aliphatic heterocycles. The molecule has 0 aliphatic rings. The molecule has 0 saturated heterocycles. The fourth-order valence-corrected chi connectivity index (χ4v) is 1.58. The third kappa shape index (κ3) is 5.55. The van der Waals surface area contributed by atoms with Crippen LogP contribution in [0.3, 0.4) is 0 Å². The van der Waals surface area contributed by atoms with Crippen molar-refractivity contribution in [1.82, 2.24) is 0 Å². The van der Waals surface area contributed by atoms with Crippen LogP contribution in [0.5, 0.6) is 0 Å². The van der Waals surface area contributed by atoms with Gasteiger partial charge >= 0.3 is 0 Å². The molecule has 0 amide bonds. The molecule has 1 aromatic rings. The maximum atomic E-state index is 5.91. The van der Waals surface area contributed by atoms with Crippen molar-refractivity contribution in [1.29, 1.82) is 0 Å². The fraction of sp³-hybridized carbons (Fsp3) is 0.538. The van der Waals surface area contributed by atoms with Gasteiger partial charge in [0, 0.05) is 6.04 Å². The average molecular weight is 207 g/mol. The lowest BCUT2D eigenvalue weighted by molar-refractivity contribution is 0.103. The van der Waals surface area contributed by atoms with Gasteiger partial charge in [-0.2, -0.15) is 0 Å². The molecule has 0 aliphatic carbocycles. The number of benzene rings is 1. The summed E-state index contributed by atoms with van der Waals surface area (Å²) in [5.41, 5.74) is 7.12. The van der Waals surface area contributed by atoms with Crippen LogP contribution < -0.4 is 5.73 Å². The van der Waals surface area contributed by atoms with Crippen LogP contribution in [0.15, 0.2) is 30.3 Å². The minimum absolute atomic E-state index is 0.161. The van der Waals surface area contributed by atoms with Crippen LogP contribution in [0.4, 0.5) is 0 Å². The molecule has 0 fully saturated rings. The maximum Gasteiger partial charge on any atom is 0.0717 e. The Morgan fingerprint density at radius 2 is 1.87 bits per heavy atom. The first-order valence-corrected chi connectivity index (χ1v) is 5.55. The van der Waals surface area contributed by atoms with Gasteiger partial charge in [-0.05, 0) is 17.9 Å². The summed E-state index contributed by atoms with van der Waals surface area (Å²) in [7, 11) is 0. The summed E-state index contributed by atoms with van der Waals surface area (Å²) in [6.45, 7) is 5.66. The molecule has 0 heterocycles. The van der Waals surface area contributed by atoms with E-state index < -0.39 is 0 Å². The number of ether oxygens (including phenoxy) is 1. The molecule has 1 atom stereocenters. The normalized spacial score (nSPS) is 13.1. The molecule has 2 nitrogen and oxygen atoms in total. The highest BCUT2D eigenvalue weighted by Gasteiger charge is 2.05. The standard InChI is InChI=1S/C13H21NO/c1-11(2)8-13(14)10-15-9-12-6-4-3-5-7-12/h3-7,11,13H,8-10,14H2,1-2H3/t13-/m1/s1. The minimum Gasteiger partial charge on any atom is -0.375 e. The van der Waals surface area contributed by atoms with E-state index in [1.165, 1.54) is 5.56 Å². The van der Waals surface area contributed by atoms with Crippen molar-refractivity contribution in [3.63, 3.8) is 0 Å². The van der Waals surface area contributed by atoms with Crippen LogP contribution in [0.25, 0.3) is 0 Å². The Hall–Kier alpha value is -0.860. The van der Waals surface area contributed by atoms with Crippen LogP contribution in [-0.4, -0.2) is 12.6 Å².